The second-order valence-electron chi connectivity index (χ2n) is 9.54. The summed E-state index contributed by atoms with van der Waals surface area (Å²) < 4.78 is 10.6. The van der Waals surface area contributed by atoms with Gasteiger partial charge in [-0.3, -0.25) is 14.4 Å². The molecule has 7 heteroatoms. The average molecular weight is 529 g/mol. The number of amides is 2. The maximum Gasteiger partial charge on any atom is 0.313 e. The van der Waals surface area contributed by atoms with Crippen LogP contribution in [0.4, 0.5) is 0 Å². The summed E-state index contributed by atoms with van der Waals surface area (Å²) in [6, 6.07) is 26.9. The fourth-order valence-corrected chi connectivity index (χ4v) is 5.26. The van der Waals surface area contributed by atoms with Crippen molar-refractivity contribution < 1.29 is 23.9 Å². The second-order valence-corrected chi connectivity index (χ2v) is 9.54. The summed E-state index contributed by atoms with van der Waals surface area (Å²) in [6.45, 7) is 4.07. The topological polar surface area (TPSA) is 76.2 Å². The van der Waals surface area contributed by atoms with Crippen LogP contribution in [0.5, 0.6) is 5.75 Å². The van der Waals surface area contributed by atoms with Gasteiger partial charge in [-0.15, -0.1) is 0 Å². The lowest BCUT2D eigenvalue weighted by Crippen LogP contribution is -2.52. The molecular formula is C32H36N2O5. The van der Waals surface area contributed by atoms with Crippen LogP contribution in [0.3, 0.4) is 0 Å². The fourth-order valence-electron chi connectivity index (χ4n) is 5.26. The molecule has 1 saturated heterocycles. The van der Waals surface area contributed by atoms with E-state index in [1.54, 1.807) is 31.1 Å². The van der Waals surface area contributed by atoms with Crippen molar-refractivity contribution in [1.82, 2.24) is 9.80 Å². The number of methoxy groups -OCH3 is 1. The number of fused-ring (bicyclic) bond motifs is 1. The number of rotatable bonds is 5. The second kappa shape index (κ2) is 13.6. The summed E-state index contributed by atoms with van der Waals surface area (Å²) in [6.07, 6.45) is 1.21. The highest BCUT2D eigenvalue weighted by Crippen LogP contribution is 2.40. The number of nitrogens with zero attached hydrogens (tertiary/aromatic N) is 2. The molecule has 2 aliphatic rings. The van der Waals surface area contributed by atoms with Crippen LogP contribution in [0.25, 0.3) is 0 Å². The average Bonchev–Trinajstić information content (AvgIpc) is 3.01. The first kappa shape index (κ1) is 27.9. The molecule has 2 amide bonds. The third-order valence-electron chi connectivity index (χ3n) is 7.24. The van der Waals surface area contributed by atoms with Gasteiger partial charge in [0.25, 0.3) is 5.91 Å². The molecule has 204 valence electrons. The first-order valence-electron chi connectivity index (χ1n) is 13.5. The summed E-state index contributed by atoms with van der Waals surface area (Å²) in [5.41, 5.74) is 2.34. The Labute approximate surface area is 230 Å². The van der Waals surface area contributed by atoms with E-state index in [9.17, 15) is 14.4 Å². The highest BCUT2D eigenvalue weighted by Gasteiger charge is 2.38. The van der Waals surface area contributed by atoms with Crippen molar-refractivity contribution >= 4 is 17.8 Å². The molecule has 3 aromatic rings. The largest absolute Gasteiger partial charge is 0.496 e. The Morgan fingerprint density at radius 2 is 1.23 bits per heavy atom. The Hall–Kier alpha value is -4.13. The van der Waals surface area contributed by atoms with E-state index in [0.717, 1.165) is 11.1 Å². The molecule has 39 heavy (non-hydrogen) atoms. The van der Waals surface area contributed by atoms with Crippen molar-refractivity contribution in [3.63, 3.8) is 0 Å². The molecule has 5 rings (SSSR count). The van der Waals surface area contributed by atoms with Gasteiger partial charge in [-0.25, -0.2) is 0 Å². The summed E-state index contributed by atoms with van der Waals surface area (Å²) in [5, 5.41) is 0. The highest BCUT2D eigenvalue weighted by molar-refractivity contribution is 5.97. The molecule has 1 heterocycles. The van der Waals surface area contributed by atoms with Gasteiger partial charge in [-0.05, 0) is 43.0 Å². The minimum atomic E-state index is -0.319. The Balaban J connectivity index is 0.000000519. The first-order chi connectivity index (χ1) is 19.0. The van der Waals surface area contributed by atoms with E-state index in [-0.39, 0.29) is 29.6 Å². The lowest BCUT2D eigenvalue weighted by atomic mass is 9.76. The zero-order valence-corrected chi connectivity index (χ0v) is 22.6. The van der Waals surface area contributed by atoms with Gasteiger partial charge in [0, 0.05) is 26.2 Å². The Morgan fingerprint density at radius 3 is 1.82 bits per heavy atom. The number of carbonyl (C=O) groups is 3. The maximum absolute atomic E-state index is 13.5. The number of hydrogen-bond acceptors (Lipinski definition) is 5. The van der Waals surface area contributed by atoms with Gasteiger partial charge < -0.3 is 19.3 Å². The summed E-state index contributed by atoms with van der Waals surface area (Å²) >= 11 is 0. The van der Waals surface area contributed by atoms with E-state index >= 15 is 0 Å². The number of piperazine rings is 1. The van der Waals surface area contributed by atoms with Gasteiger partial charge in [-0.1, -0.05) is 72.8 Å². The van der Waals surface area contributed by atoms with E-state index in [2.05, 4.69) is 0 Å². The van der Waals surface area contributed by atoms with Crippen molar-refractivity contribution in [1.29, 1.82) is 0 Å². The Morgan fingerprint density at radius 1 is 0.718 bits per heavy atom. The van der Waals surface area contributed by atoms with Gasteiger partial charge in [0.05, 0.1) is 31.1 Å². The van der Waals surface area contributed by atoms with E-state index in [1.807, 2.05) is 77.7 Å². The number of esters is 1. The van der Waals surface area contributed by atoms with Crippen LogP contribution in [0.1, 0.15) is 53.1 Å². The predicted octanol–water partition coefficient (Wildman–Crippen LogP) is 4.89. The summed E-state index contributed by atoms with van der Waals surface area (Å²) in [7, 11) is 1.55. The quantitative estimate of drug-likeness (QED) is 0.441. The van der Waals surface area contributed by atoms with Gasteiger partial charge >= 0.3 is 5.97 Å². The van der Waals surface area contributed by atoms with Crippen molar-refractivity contribution in [3.05, 3.63) is 102 Å². The number of benzene rings is 3. The smallest absolute Gasteiger partial charge is 0.313 e. The summed E-state index contributed by atoms with van der Waals surface area (Å²) in [5.74, 6) is -0.284. The summed E-state index contributed by atoms with van der Waals surface area (Å²) in [4.78, 5) is 42.5. The molecule has 2 atom stereocenters. The standard InChI is InChI=1S/C26H30N2O5.C6H6/c1-3-33-26(31)21-13-12-20(18-8-4-5-9-19(18)21)24(29)27-14-16-28(17-15-27)25(30)22-10-6-7-11-23(22)32-2;1-2-4-6-5-3-1/h4-11,20-21H,3,12-17H2,1-2H3;1-6H/t20-,21-;/m1./s1. The van der Waals surface area contributed by atoms with Gasteiger partial charge in [-0.2, -0.15) is 0 Å². The molecule has 0 unspecified atom stereocenters. The molecule has 1 aliphatic heterocycles. The van der Waals surface area contributed by atoms with Crippen LogP contribution in [-0.2, 0) is 14.3 Å². The zero-order valence-electron chi connectivity index (χ0n) is 22.6. The molecule has 1 fully saturated rings. The Bertz CT molecular complexity index is 1230. The molecule has 0 spiro atoms. The van der Waals surface area contributed by atoms with Crippen LogP contribution >= 0.6 is 0 Å². The molecule has 0 saturated carbocycles. The number of hydrogen-bond donors (Lipinski definition) is 0. The van der Waals surface area contributed by atoms with Gasteiger partial charge in [0.15, 0.2) is 0 Å². The highest BCUT2D eigenvalue weighted by atomic mass is 16.5. The first-order valence-corrected chi connectivity index (χ1v) is 13.5. The minimum absolute atomic E-state index is 0.0640. The third-order valence-corrected chi connectivity index (χ3v) is 7.24. The van der Waals surface area contributed by atoms with Crippen molar-refractivity contribution in [2.24, 2.45) is 0 Å². The van der Waals surface area contributed by atoms with Crippen molar-refractivity contribution in [2.45, 2.75) is 31.6 Å². The van der Waals surface area contributed by atoms with E-state index < -0.39 is 0 Å². The molecule has 0 bridgehead atoms. The lowest BCUT2D eigenvalue weighted by molar-refractivity contribution is -0.146. The van der Waals surface area contributed by atoms with E-state index in [4.69, 9.17) is 9.47 Å². The lowest BCUT2D eigenvalue weighted by Gasteiger charge is -2.38. The molecule has 0 aromatic heterocycles. The minimum Gasteiger partial charge on any atom is -0.496 e. The molecular weight excluding hydrogens is 492 g/mol. The van der Waals surface area contributed by atoms with Crippen LogP contribution < -0.4 is 4.74 Å². The van der Waals surface area contributed by atoms with Crippen LogP contribution in [-0.4, -0.2) is 67.5 Å². The fraction of sp³-hybridized carbons (Fsp3) is 0.344. The van der Waals surface area contributed by atoms with Crippen LogP contribution in [0.15, 0.2) is 84.9 Å². The van der Waals surface area contributed by atoms with Gasteiger partial charge in [0.2, 0.25) is 5.91 Å². The van der Waals surface area contributed by atoms with Crippen LogP contribution in [0, 0.1) is 0 Å². The third kappa shape index (κ3) is 6.66. The van der Waals surface area contributed by atoms with E-state index in [0.29, 0.717) is 56.9 Å². The van der Waals surface area contributed by atoms with Gasteiger partial charge in [0.1, 0.15) is 5.75 Å². The Kier molecular flexibility index (Phi) is 9.73. The monoisotopic (exact) mass is 528 g/mol. The number of ether oxygens (including phenoxy) is 2. The molecule has 0 N–H and O–H groups in total. The van der Waals surface area contributed by atoms with Crippen LogP contribution in [0.2, 0.25) is 0 Å². The zero-order chi connectivity index (χ0) is 27.6. The van der Waals surface area contributed by atoms with E-state index in [1.165, 1.54) is 0 Å². The molecule has 1 aliphatic carbocycles. The number of carbonyl (C=O) groups excluding carboxylic acids is 3. The SMILES string of the molecule is CCOC(=O)[C@@H]1CC[C@@H](C(=O)N2CCN(C(=O)c3ccccc3OC)CC2)c2ccccc21.c1ccccc1. The normalized spacial score (nSPS) is 18.2. The van der Waals surface area contributed by atoms with Crippen molar-refractivity contribution in [3.8, 4) is 5.75 Å². The van der Waals surface area contributed by atoms with Crippen molar-refractivity contribution in [2.75, 3.05) is 39.9 Å². The maximum atomic E-state index is 13.5. The molecule has 0 radical (unpaired) electrons. The number of para-hydroxylation sites is 1. The molecule has 7 nitrogen and oxygen atoms in total. The molecule has 3 aromatic carbocycles. The predicted molar refractivity (Wildman–Crippen MR) is 150 cm³/mol.